The summed E-state index contributed by atoms with van der Waals surface area (Å²) >= 11 is 0. The molecular formula is C16H16N6. The highest BCUT2D eigenvalue weighted by Gasteiger charge is 2.03. The van der Waals surface area contributed by atoms with Crippen LogP contribution in [0.2, 0.25) is 0 Å². The van der Waals surface area contributed by atoms with Gasteiger partial charge >= 0.3 is 0 Å². The van der Waals surface area contributed by atoms with Gasteiger partial charge in [0, 0.05) is 0 Å². The topological polar surface area (TPSA) is 61.4 Å². The number of aromatic nitrogens is 6. The molecule has 6 heteroatoms. The fourth-order valence-corrected chi connectivity index (χ4v) is 2.52. The SMILES string of the molecule is c1ccc2nn(CCCCn3nc4ccccc4n3)nc2c1. The highest BCUT2D eigenvalue weighted by atomic mass is 15.5. The smallest absolute Gasteiger partial charge is 0.113 e. The summed E-state index contributed by atoms with van der Waals surface area (Å²) < 4.78 is 0. The Morgan fingerprint density at radius 2 is 0.864 bits per heavy atom. The number of fused-ring (bicyclic) bond motifs is 2. The fraction of sp³-hybridized carbons (Fsp3) is 0.250. The largest absolute Gasteiger partial charge is 0.184 e. The van der Waals surface area contributed by atoms with E-state index in [0.717, 1.165) is 48.0 Å². The van der Waals surface area contributed by atoms with E-state index in [1.807, 2.05) is 48.5 Å². The van der Waals surface area contributed by atoms with Crippen molar-refractivity contribution in [3.63, 3.8) is 0 Å². The van der Waals surface area contributed by atoms with Gasteiger partial charge in [0.05, 0.1) is 13.1 Å². The minimum absolute atomic E-state index is 0.815. The zero-order chi connectivity index (χ0) is 14.8. The van der Waals surface area contributed by atoms with Crippen molar-refractivity contribution in [3.8, 4) is 0 Å². The van der Waals surface area contributed by atoms with Crippen LogP contribution in [0.1, 0.15) is 12.8 Å². The molecule has 22 heavy (non-hydrogen) atoms. The molecule has 6 nitrogen and oxygen atoms in total. The molecule has 110 valence electrons. The number of aryl methyl sites for hydroxylation is 2. The second-order valence-corrected chi connectivity index (χ2v) is 5.28. The lowest BCUT2D eigenvalue weighted by Crippen LogP contribution is -2.06. The van der Waals surface area contributed by atoms with Crippen molar-refractivity contribution in [2.24, 2.45) is 0 Å². The Morgan fingerprint density at radius 3 is 1.18 bits per heavy atom. The first-order valence-corrected chi connectivity index (χ1v) is 7.48. The Morgan fingerprint density at radius 1 is 0.545 bits per heavy atom. The molecule has 0 radical (unpaired) electrons. The molecule has 0 spiro atoms. The van der Waals surface area contributed by atoms with Crippen molar-refractivity contribution in [1.29, 1.82) is 0 Å². The highest BCUT2D eigenvalue weighted by molar-refractivity contribution is 5.73. The zero-order valence-electron chi connectivity index (χ0n) is 12.1. The van der Waals surface area contributed by atoms with E-state index in [0.29, 0.717) is 0 Å². The lowest BCUT2D eigenvalue weighted by Gasteiger charge is -2.00. The van der Waals surface area contributed by atoms with Gasteiger partial charge in [0.25, 0.3) is 0 Å². The van der Waals surface area contributed by atoms with Crippen LogP contribution in [0.3, 0.4) is 0 Å². The molecule has 0 N–H and O–H groups in total. The van der Waals surface area contributed by atoms with E-state index in [2.05, 4.69) is 20.4 Å². The second kappa shape index (κ2) is 5.55. The standard InChI is InChI=1S/C16H16N6/c1-2-8-14-13(7-1)17-21(18-14)11-5-6-12-22-19-15-9-3-4-10-16(15)20-22/h1-4,7-10H,5-6,11-12H2. The van der Waals surface area contributed by atoms with Gasteiger partial charge in [-0.2, -0.15) is 30.0 Å². The van der Waals surface area contributed by atoms with Gasteiger partial charge in [0.2, 0.25) is 0 Å². The zero-order valence-corrected chi connectivity index (χ0v) is 12.1. The molecule has 0 aliphatic carbocycles. The molecule has 4 aromatic rings. The highest BCUT2D eigenvalue weighted by Crippen LogP contribution is 2.09. The first-order chi connectivity index (χ1) is 10.9. The first kappa shape index (κ1) is 12.9. The summed E-state index contributed by atoms with van der Waals surface area (Å²) in [6.07, 6.45) is 2.00. The predicted octanol–water partition coefficient (Wildman–Crippen LogP) is 2.66. The average Bonchev–Trinajstić information content (AvgIpc) is 3.14. The van der Waals surface area contributed by atoms with E-state index in [1.165, 1.54) is 0 Å². The number of nitrogens with zero attached hydrogens (tertiary/aromatic N) is 6. The van der Waals surface area contributed by atoms with Crippen LogP contribution < -0.4 is 0 Å². The van der Waals surface area contributed by atoms with Crippen LogP contribution in [0.4, 0.5) is 0 Å². The minimum atomic E-state index is 0.815. The summed E-state index contributed by atoms with van der Waals surface area (Å²) in [7, 11) is 0. The van der Waals surface area contributed by atoms with Crippen LogP contribution in [-0.4, -0.2) is 30.0 Å². The van der Waals surface area contributed by atoms with Crippen molar-refractivity contribution in [2.45, 2.75) is 25.9 Å². The van der Waals surface area contributed by atoms with E-state index in [9.17, 15) is 0 Å². The lowest BCUT2D eigenvalue weighted by atomic mass is 10.3. The Labute approximate surface area is 127 Å². The third-order valence-corrected chi connectivity index (χ3v) is 3.62. The van der Waals surface area contributed by atoms with E-state index in [-0.39, 0.29) is 0 Å². The first-order valence-electron chi connectivity index (χ1n) is 7.48. The Kier molecular flexibility index (Phi) is 3.27. The van der Waals surface area contributed by atoms with E-state index < -0.39 is 0 Å². The number of unbranched alkanes of at least 4 members (excludes halogenated alkanes) is 1. The molecule has 0 amide bonds. The Balaban J connectivity index is 1.35. The molecule has 0 fully saturated rings. The average molecular weight is 292 g/mol. The molecule has 0 aliphatic heterocycles. The van der Waals surface area contributed by atoms with E-state index in [1.54, 1.807) is 9.59 Å². The molecule has 2 heterocycles. The van der Waals surface area contributed by atoms with Crippen LogP contribution in [0.15, 0.2) is 48.5 Å². The monoisotopic (exact) mass is 292 g/mol. The normalized spacial score (nSPS) is 11.5. The third kappa shape index (κ3) is 2.55. The Hall–Kier alpha value is -2.76. The number of benzene rings is 2. The van der Waals surface area contributed by atoms with E-state index in [4.69, 9.17) is 0 Å². The van der Waals surface area contributed by atoms with Crippen molar-refractivity contribution >= 4 is 22.1 Å². The summed E-state index contributed by atoms with van der Waals surface area (Å²) in [5.74, 6) is 0. The van der Waals surface area contributed by atoms with Gasteiger partial charge < -0.3 is 0 Å². The van der Waals surface area contributed by atoms with Crippen molar-refractivity contribution in [1.82, 2.24) is 30.0 Å². The minimum Gasteiger partial charge on any atom is -0.184 e. The molecule has 2 aromatic carbocycles. The molecule has 4 rings (SSSR count). The molecule has 2 aromatic heterocycles. The predicted molar refractivity (Wildman–Crippen MR) is 84.3 cm³/mol. The van der Waals surface area contributed by atoms with Crippen molar-refractivity contribution < 1.29 is 0 Å². The third-order valence-electron chi connectivity index (χ3n) is 3.62. The van der Waals surface area contributed by atoms with Gasteiger partial charge in [-0.15, -0.1) is 0 Å². The maximum absolute atomic E-state index is 4.46. The molecule has 0 saturated heterocycles. The summed E-state index contributed by atoms with van der Waals surface area (Å²) in [5, 5.41) is 17.8. The molecule has 0 atom stereocenters. The molecule has 0 unspecified atom stereocenters. The van der Waals surface area contributed by atoms with Crippen LogP contribution in [0, 0.1) is 0 Å². The Bertz CT molecular complexity index is 765. The van der Waals surface area contributed by atoms with E-state index >= 15 is 0 Å². The summed E-state index contributed by atoms with van der Waals surface area (Å²) in [6.45, 7) is 1.63. The number of hydrogen-bond donors (Lipinski definition) is 0. The lowest BCUT2D eigenvalue weighted by molar-refractivity contribution is 0.451. The molecular weight excluding hydrogens is 276 g/mol. The second-order valence-electron chi connectivity index (χ2n) is 5.28. The van der Waals surface area contributed by atoms with Crippen molar-refractivity contribution in [3.05, 3.63) is 48.5 Å². The fourth-order valence-electron chi connectivity index (χ4n) is 2.52. The van der Waals surface area contributed by atoms with Crippen molar-refractivity contribution in [2.75, 3.05) is 0 Å². The van der Waals surface area contributed by atoms with Crippen LogP contribution >= 0.6 is 0 Å². The summed E-state index contributed by atoms with van der Waals surface area (Å²) in [5.41, 5.74) is 3.79. The van der Waals surface area contributed by atoms with Gasteiger partial charge in [-0.3, -0.25) is 0 Å². The summed E-state index contributed by atoms with van der Waals surface area (Å²) in [4.78, 5) is 3.55. The van der Waals surface area contributed by atoms with Crippen LogP contribution in [-0.2, 0) is 13.1 Å². The maximum atomic E-state index is 4.46. The molecule has 0 saturated carbocycles. The molecule has 0 bridgehead atoms. The van der Waals surface area contributed by atoms with Gasteiger partial charge in [0.1, 0.15) is 22.1 Å². The van der Waals surface area contributed by atoms with Crippen LogP contribution in [0.25, 0.3) is 22.1 Å². The van der Waals surface area contributed by atoms with Gasteiger partial charge in [-0.1, -0.05) is 24.3 Å². The summed E-state index contributed by atoms with van der Waals surface area (Å²) in [6, 6.07) is 15.9. The quantitative estimate of drug-likeness (QED) is 0.531. The van der Waals surface area contributed by atoms with Gasteiger partial charge in [-0.05, 0) is 37.1 Å². The number of hydrogen-bond acceptors (Lipinski definition) is 4. The molecule has 0 aliphatic rings. The van der Waals surface area contributed by atoms with Crippen LogP contribution in [0.5, 0.6) is 0 Å². The van der Waals surface area contributed by atoms with Gasteiger partial charge in [0.15, 0.2) is 0 Å². The maximum Gasteiger partial charge on any atom is 0.113 e. The van der Waals surface area contributed by atoms with Gasteiger partial charge in [-0.25, -0.2) is 0 Å². The number of rotatable bonds is 5.